The first-order valence-electron chi connectivity index (χ1n) is 5.95. The van der Waals surface area contributed by atoms with Crippen LogP contribution < -0.4 is 10.5 Å². The molecule has 0 atom stereocenters. The van der Waals surface area contributed by atoms with Crippen LogP contribution >= 0.6 is 0 Å². The molecular weight excluding hydrogens is 279 g/mol. The highest BCUT2D eigenvalue weighted by Gasteiger charge is 2.17. The summed E-state index contributed by atoms with van der Waals surface area (Å²) in [6.45, 7) is 3.46. The van der Waals surface area contributed by atoms with E-state index in [0.717, 1.165) is 5.56 Å². The van der Waals surface area contributed by atoms with Crippen LogP contribution in [-0.4, -0.2) is 8.42 Å². The van der Waals surface area contributed by atoms with E-state index in [1.807, 2.05) is 0 Å². The van der Waals surface area contributed by atoms with Crippen LogP contribution in [0.5, 0.6) is 0 Å². The normalized spacial score (nSPS) is 11.3. The number of hydrogen-bond acceptors (Lipinski definition) is 3. The Morgan fingerprint density at radius 3 is 2.45 bits per heavy atom. The molecule has 0 aliphatic rings. The van der Waals surface area contributed by atoms with Crippen LogP contribution in [0, 0.1) is 19.7 Å². The molecule has 6 heteroatoms. The van der Waals surface area contributed by atoms with E-state index in [4.69, 9.17) is 5.73 Å². The van der Waals surface area contributed by atoms with Gasteiger partial charge in [-0.25, -0.2) is 12.8 Å². The molecule has 3 N–H and O–H groups in total. The Morgan fingerprint density at radius 1 is 1.10 bits per heavy atom. The van der Waals surface area contributed by atoms with Crippen LogP contribution in [0.2, 0.25) is 0 Å². The third-order valence-corrected chi connectivity index (χ3v) is 4.28. The van der Waals surface area contributed by atoms with Gasteiger partial charge in [-0.2, -0.15) is 0 Å². The first-order chi connectivity index (χ1) is 9.29. The van der Waals surface area contributed by atoms with Gasteiger partial charge in [0.1, 0.15) is 5.82 Å². The zero-order valence-electron chi connectivity index (χ0n) is 11.1. The monoisotopic (exact) mass is 294 g/mol. The van der Waals surface area contributed by atoms with E-state index < -0.39 is 15.8 Å². The second-order valence-corrected chi connectivity index (χ2v) is 6.29. The lowest BCUT2D eigenvalue weighted by Gasteiger charge is -2.11. The van der Waals surface area contributed by atoms with E-state index in [1.165, 1.54) is 30.3 Å². The third-order valence-electron chi connectivity index (χ3n) is 2.92. The molecule has 0 aromatic heterocycles. The van der Waals surface area contributed by atoms with E-state index in [1.54, 1.807) is 19.9 Å². The Hall–Kier alpha value is -2.08. The van der Waals surface area contributed by atoms with Gasteiger partial charge in [-0.3, -0.25) is 4.72 Å². The zero-order valence-corrected chi connectivity index (χ0v) is 12.0. The fourth-order valence-electron chi connectivity index (χ4n) is 1.74. The lowest BCUT2D eigenvalue weighted by Crippen LogP contribution is -2.14. The third kappa shape index (κ3) is 2.91. The summed E-state index contributed by atoms with van der Waals surface area (Å²) in [7, 11) is -3.84. The SMILES string of the molecule is Cc1ccc(F)c(NS(=O)(=O)c2ccc(N)c(C)c2)c1. The highest BCUT2D eigenvalue weighted by atomic mass is 32.2. The van der Waals surface area contributed by atoms with Gasteiger partial charge < -0.3 is 5.73 Å². The number of benzene rings is 2. The summed E-state index contributed by atoms with van der Waals surface area (Å²) in [5.74, 6) is -0.619. The Bertz CT molecular complexity index is 758. The maximum absolute atomic E-state index is 13.6. The van der Waals surface area contributed by atoms with E-state index in [2.05, 4.69) is 4.72 Å². The quantitative estimate of drug-likeness (QED) is 0.855. The van der Waals surface area contributed by atoms with Crippen molar-refractivity contribution >= 4 is 21.4 Å². The summed E-state index contributed by atoms with van der Waals surface area (Å²) >= 11 is 0. The predicted octanol–water partition coefficient (Wildman–Crippen LogP) is 2.83. The van der Waals surface area contributed by atoms with Gasteiger partial charge in [0.2, 0.25) is 0 Å². The van der Waals surface area contributed by atoms with Crippen LogP contribution in [0.3, 0.4) is 0 Å². The molecule has 0 aliphatic heterocycles. The molecule has 4 nitrogen and oxygen atoms in total. The Kier molecular flexibility index (Phi) is 3.67. The molecule has 20 heavy (non-hydrogen) atoms. The molecule has 0 aliphatic carbocycles. The molecule has 0 unspecified atom stereocenters. The molecule has 0 radical (unpaired) electrons. The van der Waals surface area contributed by atoms with Crippen LogP contribution in [-0.2, 0) is 10.0 Å². The topological polar surface area (TPSA) is 72.2 Å². The zero-order chi connectivity index (χ0) is 14.9. The molecule has 0 saturated carbocycles. The van der Waals surface area contributed by atoms with Gasteiger partial charge in [0, 0.05) is 5.69 Å². The van der Waals surface area contributed by atoms with Crippen LogP contribution in [0.4, 0.5) is 15.8 Å². The molecule has 2 rings (SSSR count). The van der Waals surface area contributed by atoms with E-state index in [-0.39, 0.29) is 10.6 Å². The van der Waals surface area contributed by atoms with Crippen molar-refractivity contribution in [2.45, 2.75) is 18.7 Å². The maximum atomic E-state index is 13.6. The maximum Gasteiger partial charge on any atom is 0.261 e. The number of hydrogen-bond donors (Lipinski definition) is 2. The summed E-state index contributed by atoms with van der Waals surface area (Å²) in [6.07, 6.45) is 0. The van der Waals surface area contributed by atoms with E-state index in [0.29, 0.717) is 11.3 Å². The summed E-state index contributed by atoms with van der Waals surface area (Å²) < 4.78 is 40.3. The number of sulfonamides is 1. The van der Waals surface area contributed by atoms with Gasteiger partial charge in [-0.15, -0.1) is 0 Å². The van der Waals surface area contributed by atoms with Crippen molar-refractivity contribution in [1.82, 2.24) is 0 Å². The Balaban J connectivity index is 2.40. The molecule has 0 spiro atoms. The number of aryl methyl sites for hydroxylation is 2. The first kappa shape index (κ1) is 14.3. The molecule has 0 heterocycles. The van der Waals surface area contributed by atoms with Crippen molar-refractivity contribution < 1.29 is 12.8 Å². The average Bonchev–Trinajstić information content (AvgIpc) is 2.36. The van der Waals surface area contributed by atoms with Gasteiger partial charge in [-0.05, 0) is 55.3 Å². The van der Waals surface area contributed by atoms with Crippen molar-refractivity contribution in [3.63, 3.8) is 0 Å². The molecule has 0 bridgehead atoms. The first-order valence-corrected chi connectivity index (χ1v) is 7.43. The van der Waals surface area contributed by atoms with Gasteiger partial charge >= 0.3 is 0 Å². The van der Waals surface area contributed by atoms with Crippen molar-refractivity contribution in [2.75, 3.05) is 10.5 Å². The minimum Gasteiger partial charge on any atom is -0.399 e. The minimum atomic E-state index is -3.84. The standard InChI is InChI=1S/C14H15FN2O2S/c1-9-3-5-12(15)14(7-9)17-20(18,19)11-4-6-13(16)10(2)8-11/h3-8,17H,16H2,1-2H3. The number of nitrogens with one attached hydrogen (secondary N) is 1. The predicted molar refractivity (Wildman–Crippen MR) is 77.5 cm³/mol. The number of nitrogen functional groups attached to an aromatic ring is 1. The summed E-state index contributed by atoms with van der Waals surface area (Å²) in [6, 6.07) is 8.58. The highest BCUT2D eigenvalue weighted by molar-refractivity contribution is 7.92. The second kappa shape index (κ2) is 5.13. The molecule has 2 aromatic rings. The van der Waals surface area contributed by atoms with Crippen molar-refractivity contribution in [3.05, 3.63) is 53.3 Å². The number of anilines is 2. The van der Waals surface area contributed by atoms with Crippen LogP contribution in [0.25, 0.3) is 0 Å². The van der Waals surface area contributed by atoms with Crippen LogP contribution in [0.15, 0.2) is 41.3 Å². The van der Waals surface area contributed by atoms with Gasteiger partial charge in [0.05, 0.1) is 10.6 Å². The lowest BCUT2D eigenvalue weighted by molar-refractivity contribution is 0.598. The minimum absolute atomic E-state index is 0.0464. The highest BCUT2D eigenvalue weighted by Crippen LogP contribution is 2.22. The van der Waals surface area contributed by atoms with Gasteiger partial charge in [0.15, 0.2) is 0 Å². The fourth-order valence-corrected chi connectivity index (χ4v) is 2.88. The molecule has 106 valence electrons. The van der Waals surface area contributed by atoms with Crippen LogP contribution in [0.1, 0.15) is 11.1 Å². The Morgan fingerprint density at radius 2 is 1.80 bits per heavy atom. The lowest BCUT2D eigenvalue weighted by atomic mass is 10.2. The largest absolute Gasteiger partial charge is 0.399 e. The smallest absolute Gasteiger partial charge is 0.261 e. The van der Waals surface area contributed by atoms with Crippen molar-refractivity contribution in [1.29, 1.82) is 0 Å². The summed E-state index contributed by atoms with van der Waals surface area (Å²) in [5, 5.41) is 0. The van der Waals surface area contributed by atoms with Gasteiger partial charge in [-0.1, -0.05) is 6.07 Å². The molecule has 0 amide bonds. The number of nitrogens with two attached hydrogens (primary N) is 1. The molecule has 0 saturated heterocycles. The van der Waals surface area contributed by atoms with E-state index >= 15 is 0 Å². The molecular formula is C14H15FN2O2S. The van der Waals surface area contributed by atoms with E-state index in [9.17, 15) is 12.8 Å². The van der Waals surface area contributed by atoms with Crippen molar-refractivity contribution in [3.8, 4) is 0 Å². The fraction of sp³-hybridized carbons (Fsp3) is 0.143. The molecule has 2 aromatic carbocycles. The Labute approximate surface area is 117 Å². The number of rotatable bonds is 3. The number of halogens is 1. The summed E-state index contributed by atoms with van der Waals surface area (Å²) in [5.41, 5.74) is 7.50. The average molecular weight is 294 g/mol. The molecule has 0 fully saturated rings. The van der Waals surface area contributed by atoms with Crippen molar-refractivity contribution in [2.24, 2.45) is 0 Å². The second-order valence-electron chi connectivity index (χ2n) is 4.61. The summed E-state index contributed by atoms with van der Waals surface area (Å²) in [4.78, 5) is 0.0464. The van der Waals surface area contributed by atoms with Gasteiger partial charge in [0.25, 0.3) is 10.0 Å².